The molecule has 10 heavy (non-hydrogen) atoms. The molecule has 0 saturated carbocycles. The fourth-order valence-electron chi connectivity index (χ4n) is 0.753. The number of nitrogens with one attached hydrogen (secondary N) is 1. The summed E-state index contributed by atoms with van der Waals surface area (Å²) in [4.78, 5) is 10.7. The summed E-state index contributed by atoms with van der Waals surface area (Å²) >= 11 is 0. The van der Waals surface area contributed by atoms with Crippen molar-refractivity contribution in [3.8, 4) is 0 Å². The lowest BCUT2D eigenvalue weighted by Gasteiger charge is -1.84. The highest BCUT2D eigenvalue weighted by atomic mass is 16.1. The number of pyridine rings is 1. The van der Waals surface area contributed by atoms with Crippen molar-refractivity contribution in [1.82, 2.24) is 20.0 Å². The Labute approximate surface area is 55.3 Å². The molecule has 0 atom stereocenters. The molecule has 2 aromatic heterocycles. The minimum absolute atomic E-state index is 0.0612. The van der Waals surface area contributed by atoms with Gasteiger partial charge in [0, 0.05) is 18.3 Å². The Hall–Kier alpha value is -1.65. The van der Waals surface area contributed by atoms with E-state index in [2.05, 4.69) is 15.5 Å². The second-order valence-electron chi connectivity index (χ2n) is 1.89. The van der Waals surface area contributed by atoms with Crippen LogP contribution in [-0.4, -0.2) is 20.0 Å². The number of rotatable bonds is 0. The molecular formula is C5H4N4O. The third-order valence-corrected chi connectivity index (χ3v) is 1.21. The van der Waals surface area contributed by atoms with Crippen molar-refractivity contribution in [2.45, 2.75) is 0 Å². The van der Waals surface area contributed by atoms with E-state index in [-0.39, 0.29) is 5.43 Å². The maximum absolute atomic E-state index is 10.7. The molecule has 50 valence electrons. The van der Waals surface area contributed by atoms with Crippen molar-refractivity contribution in [1.29, 1.82) is 0 Å². The predicted octanol–water partition coefficient (Wildman–Crippen LogP) is -0.582. The number of fused-ring (bicyclic) bond motifs is 1. The van der Waals surface area contributed by atoms with Crippen molar-refractivity contribution in [3.63, 3.8) is 0 Å². The number of aromatic nitrogens is 4. The molecule has 0 bridgehead atoms. The van der Waals surface area contributed by atoms with Gasteiger partial charge in [0.2, 0.25) is 0 Å². The molecule has 1 N–H and O–H groups in total. The summed E-state index contributed by atoms with van der Waals surface area (Å²) < 4.78 is 1.56. The van der Waals surface area contributed by atoms with Gasteiger partial charge in [0.15, 0.2) is 11.1 Å². The SMILES string of the molecule is O=c1ccn2[nH]nnc2c1. The highest BCUT2D eigenvalue weighted by Crippen LogP contribution is 1.86. The molecule has 0 unspecified atom stereocenters. The van der Waals surface area contributed by atoms with Gasteiger partial charge in [0.1, 0.15) is 0 Å². The van der Waals surface area contributed by atoms with Crippen LogP contribution in [0.2, 0.25) is 0 Å². The van der Waals surface area contributed by atoms with Crippen LogP contribution in [0.3, 0.4) is 0 Å². The van der Waals surface area contributed by atoms with E-state index in [1.807, 2.05) is 0 Å². The largest absolute Gasteiger partial charge is 0.290 e. The molecule has 2 heterocycles. The van der Waals surface area contributed by atoms with Gasteiger partial charge < -0.3 is 0 Å². The van der Waals surface area contributed by atoms with E-state index < -0.39 is 0 Å². The fraction of sp³-hybridized carbons (Fsp3) is 0. The molecule has 0 aliphatic rings. The highest BCUT2D eigenvalue weighted by Gasteiger charge is 1.91. The molecule has 0 amide bonds. The summed E-state index contributed by atoms with van der Waals surface area (Å²) in [6.45, 7) is 0. The van der Waals surface area contributed by atoms with E-state index in [4.69, 9.17) is 0 Å². The quantitative estimate of drug-likeness (QED) is 0.526. The average molecular weight is 136 g/mol. The summed E-state index contributed by atoms with van der Waals surface area (Å²) in [5, 5.41) is 9.69. The van der Waals surface area contributed by atoms with Gasteiger partial charge in [0.25, 0.3) is 0 Å². The molecule has 2 aromatic rings. The summed E-state index contributed by atoms with van der Waals surface area (Å²) in [6.07, 6.45) is 1.58. The van der Waals surface area contributed by atoms with Crippen LogP contribution in [0.25, 0.3) is 5.65 Å². The van der Waals surface area contributed by atoms with Gasteiger partial charge in [-0.15, -0.1) is 5.10 Å². The lowest BCUT2D eigenvalue weighted by molar-refractivity contribution is 0.823. The van der Waals surface area contributed by atoms with E-state index in [1.54, 1.807) is 10.7 Å². The van der Waals surface area contributed by atoms with Crippen LogP contribution in [0, 0.1) is 0 Å². The second-order valence-corrected chi connectivity index (χ2v) is 1.89. The Morgan fingerprint density at radius 2 is 2.50 bits per heavy atom. The van der Waals surface area contributed by atoms with Gasteiger partial charge >= 0.3 is 0 Å². The van der Waals surface area contributed by atoms with E-state index in [0.717, 1.165) is 0 Å². The van der Waals surface area contributed by atoms with Crippen molar-refractivity contribution >= 4 is 5.65 Å². The Balaban J connectivity index is 2.99. The standard InChI is InChI=1S/C5H4N4O/c10-4-1-2-9-5(3-4)6-7-8-9/h1-3H,(H,6,8). The normalized spacial score (nSPS) is 10.4. The third-order valence-electron chi connectivity index (χ3n) is 1.21. The summed E-state index contributed by atoms with van der Waals surface area (Å²) in [7, 11) is 0. The number of nitrogens with zero attached hydrogens (tertiary/aromatic N) is 3. The van der Waals surface area contributed by atoms with Crippen LogP contribution in [0.1, 0.15) is 0 Å². The molecule has 0 spiro atoms. The van der Waals surface area contributed by atoms with Crippen LogP contribution in [0.4, 0.5) is 0 Å². The first kappa shape index (κ1) is 5.16. The molecule has 0 aromatic carbocycles. The lowest BCUT2D eigenvalue weighted by Crippen LogP contribution is -1.98. The Morgan fingerprint density at radius 1 is 1.60 bits per heavy atom. The minimum atomic E-state index is -0.0612. The number of aromatic amines is 1. The second kappa shape index (κ2) is 1.66. The smallest absolute Gasteiger partial charge is 0.184 e. The number of H-pyrrole nitrogens is 1. The number of hydrogen-bond donors (Lipinski definition) is 1. The first-order valence-electron chi connectivity index (χ1n) is 2.76. The third kappa shape index (κ3) is 0.604. The Bertz CT molecular complexity index is 401. The number of hydrogen-bond acceptors (Lipinski definition) is 3. The molecule has 0 aliphatic carbocycles. The zero-order valence-electron chi connectivity index (χ0n) is 4.98. The van der Waals surface area contributed by atoms with Crippen LogP contribution in [-0.2, 0) is 0 Å². The molecule has 0 radical (unpaired) electrons. The van der Waals surface area contributed by atoms with Gasteiger partial charge in [-0.3, -0.25) is 4.79 Å². The van der Waals surface area contributed by atoms with Gasteiger partial charge in [-0.2, -0.15) is 5.21 Å². The van der Waals surface area contributed by atoms with E-state index in [1.165, 1.54) is 12.1 Å². The predicted molar refractivity (Wildman–Crippen MR) is 33.6 cm³/mol. The zero-order valence-corrected chi connectivity index (χ0v) is 4.98. The molecule has 5 heteroatoms. The van der Waals surface area contributed by atoms with Gasteiger partial charge in [-0.05, 0) is 0 Å². The van der Waals surface area contributed by atoms with E-state index in [0.29, 0.717) is 5.65 Å². The minimum Gasteiger partial charge on any atom is -0.290 e. The summed E-state index contributed by atoms with van der Waals surface area (Å²) in [6, 6.07) is 2.84. The zero-order chi connectivity index (χ0) is 6.97. The van der Waals surface area contributed by atoms with Crippen molar-refractivity contribution < 1.29 is 0 Å². The summed E-state index contributed by atoms with van der Waals surface area (Å²) in [5.74, 6) is 0. The monoisotopic (exact) mass is 136 g/mol. The van der Waals surface area contributed by atoms with Gasteiger partial charge in [-0.1, -0.05) is 5.21 Å². The maximum atomic E-state index is 10.7. The molecule has 0 fully saturated rings. The molecular weight excluding hydrogens is 132 g/mol. The van der Waals surface area contributed by atoms with Crippen LogP contribution in [0.15, 0.2) is 23.1 Å². The number of tetrazole rings is 1. The molecule has 0 aliphatic heterocycles. The topological polar surface area (TPSA) is 63.0 Å². The van der Waals surface area contributed by atoms with Gasteiger partial charge in [-0.25, -0.2) is 4.52 Å². The Morgan fingerprint density at radius 3 is 3.40 bits per heavy atom. The van der Waals surface area contributed by atoms with Gasteiger partial charge in [0.05, 0.1) is 0 Å². The first-order valence-corrected chi connectivity index (χ1v) is 2.76. The van der Waals surface area contributed by atoms with Crippen molar-refractivity contribution in [2.24, 2.45) is 0 Å². The van der Waals surface area contributed by atoms with Crippen LogP contribution in [0.5, 0.6) is 0 Å². The highest BCUT2D eigenvalue weighted by molar-refractivity contribution is 5.33. The molecule has 5 nitrogen and oxygen atoms in total. The van der Waals surface area contributed by atoms with Crippen LogP contribution >= 0.6 is 0 Å². The van der Waals surface area contributed by atoms with Crippen molar-refractivity contribution in [3.05, 3.63) is 28.6 Å². The summed E-state index contributed by atoms with van der Waals surface area (Å²) in [5.41, 5.74) is 0.474. The Kier molecular flexibility index (Phi) is 0.858. The molecule has 2 rings (SSSR count). The fourth-order valence-corrected chi connectivity index (χ4v) is 0.753. The maximum Gasteiger partial charge on any atom is 0.184 e. The lowest BCUT2D eigenvalue weighted by atomic mass is 10.5. The van der Waals surface area contributed by atoms with E-state index >= 15 is 0 Å². The van der Waals surface area contributed by atoms with Crippen LogP contribution < -0.4 is 5.43 Å². The first-order chi connectivity index (χ1) is 4.86. The molecule has 0 saturated heterocycles. The van der Waals surface area contributed by atoms with E-state index in [9.17, 15) is 4.79 Å². The van der Waals surface area contributed by atoms with Crippen molar-refractivity contribution in [2.75, 3.05) is 0 Å². The average Bonchev–Trinajstić information content (AvgIpc) is 2.33.